The standard InChI is InChI=1S/C25H29N3O3.C4H4O4/c1-18-24(25(30)20-8-10-21(31-3)11-9-20)22-6-4-5-7-23(22)28(18)17-14-26-12-15-27(16-13-26)19(2)29;5-3(6)1-2-4(7)8/h4-11H,12-17H2,1-3H3;1-2H,(H,5,6)(H,7,8)/b;2-1-. The Morgan fingerprint density at radius 3 is 2.00 bits per heavy atom. The van der Waals surface area contributed by atoms with E-state index in [1.165, 1.54) is 0 Å². The minimum absolute atomic E-state index is 0.0326. The van der Waals surface area contributed by atoms with Crippen LogP contribution in [0.1, 0.15) is 28.5 Å². The SMILES string of the molecule is COc1ccc(C(=O)c2c(C)n(CCN3CCN(C(C)=O)CC3)c3ccccc23)cc1.O=C(O)/C=C\C(=O)O. The summed E-state index contributed by atoms with van der Waals surface area (Å²) in [6.45, 7) is 8.69. The lowest BCUT2D eigenvalue weighted by Crippen LogP contribution is -2.48. The molecule has 0 spiro atoms. The maximum atomic E-state index is 13.4. The lowest BCUT2D eigenvalue weighted by atomic mass is 10.0. The van der Waals surface area contributed by atoms with Gasteiger partial charge in [-0.1, -0.05) is 18.2 Å². The molecule has 0 aliphatic carbocycles. The summed E-state index contributed by atoms with van der Waals surface area (Å²) in [6, 6.07) is 15.4. The van der Waals surface area contributed by atoms with Gasteiger partial charge in [0.05, 0.1) is 12.7 Å². The van der Waals surface area contributed by atoms with Crippen LogP contribution < -0.4 is 4.74 Å². The fraction of sp³-hybridized carbons (Fsp3) is 0.310. The molecule has 1 aromatic heterocycles. The molecule has 1 saturated heterocycles. The van der Waals surface area contributed by atoms with Gasteiger partial charge in [0.15, 0.2) is 5.78 Å². The zero-order chi connectivity index (χ0) is 28.5. The van der Waals surface area contributed by atoms with Crippen LogP contribution in [0.15, 0.2) is 60.7 Å². The highest BCUT2D eigenvalue weighted by Gasteiger charge is 2.22. The van der Waals surface area contributed by atoms with Gasteiger partial charge in [-0.3, -0.25) is 14.5 Å². The Morgan fingerprint density at radius 2 is 1.46 bits per heavy atom. The summed E-state index contributed by atoms with van der Waals surface area (Å²) in [4.78, 5) is 48.4. The van der Waals surface area contributed by atoms with Crippen molar-refractivity contribution in [3.8, 4) is 5.75 Å². The van der Waals surface area contributed by atoms with Crippen molar-refractivity contribution in [3.63, 3.8) is 0 Å². The zero-order valence-electron chi connectivity index (χ0n) is 22.3. The van der Waals surface area contributed by atoms with Crippen molar-refractivity contribution in [3.05, 3.63) is 77.5 Å². The van der Waals surface area contributed by atoms with Crippen LogP contribution in [0.25, 0.3) is 10.9 Å². The molecule has 0 radical (unpaired) electrons. The fourth-order valence-corrected chi connectivity index (χ4v) is 4.56. The number of para-hydroxylation sites is 1. The predicted octanol–water partition coefficient (Wildman–Crippen LogP) is 3.07. The van der Waals surface area contributed by atoms with Gasteiger partial charge in [0.2, 0.25) is 5.91 Å². The summed E-state index contributed by atoms with van der Waals surface area (Å²) in [5, 5.41) is 16.6. The number of nitrogens with zero attached hydrogens (tertiary/aromatic N) is 3. The number of aromatic nitrogens is 1. The van der Waals surface area contributed by atoms with E-state index >= 15 is 0 Å². The molecular formula is C29H33N3O7. The van der Waals surface area contributed by atoms with E-state index in [2.05, 4.69) is 15.5 Å². The number of carboxylic acids is 2. The molecule has 2 N–H and O–H groups in total. The second-order valence-electron chi connectivity index (χ2n) is 9.04. The predicted molar refractivity (Wildman–Crippen MR) is 146 cm³/mol. The summed E-state index contributed by atoms with van der Waals surface area (Å²) in [5.74, 6) is -1.60. The number of amides is 1. The molecule has 1 fully saturated rings. The third kappa shape index (κ3) is 7.55. The molecule has 1 amide bonds. The number of ether oxygens (including phenoxy) is 1. The highest BCUT2D eigenvalue weighted by molar-refractivity contribution is 6.17. The average molecular weight is 536 g/mol. The van der Waals surface area contributed by atoms with Crippen molar-refractivity contribution >= 4 is 34.5 Å². The number of rotatable bonds is 8. The van der Waals surface area contributed by atoms with E-state index in [1.54, 1.807) is 14.0 Å². The number of hydrogen-bond donors (Lipinski definition) is 2. The van der Waals surface area contributed by atoms with E-state index < -0.39 is 11.9 Å². The zero-order valence-corrected chi connectivity index (χ0v) is 22.3. The molecule has 4 rings (SSSR count). The van der Waals surface area contributed by atoms with Gasteiger partial charge < -0.3 is 24.4 Å². The molecule has 3 aromatic rings. The van der Waals surface area contributed by atoms with E-state index in [0.717, 1.165) is 67.2 Å². The first-order valence-electron chi connectivity index (χ1n) is 12.5. The maximum Gasteiger partial charge on any atom is 0.328 e. The first-order valence-corrected chi connectivity index (χ1v) is 12.5. The number of carbonyl (C=O) groups excluding carboxylic acids is 2. The van der Waals surface area contributed by atoms with Crippen LogP contribution in [-0.4, -0.2) is 88.0 Å². The maximum absolute atomic E-state index is 13.4. The van der Waals surface area contributed by atoms with Gasteiger partial charge in [-0.2, -0.15) is 0 Å². The topological polar surface area (TPSA) is 129 Å². The van der Waals surface area contributed by atoms with E-state index in [1.807, 2.05) is 54.3 Å². The number of piperazine rings is 1. The first-order chi connectivity index (χ1) is 18.6. The van der Waals surface area contributed by atoms with Gasteiger partial charge in [-0.05, 0) is 37.3 Å². The highest BCUT2D eigenvalue weighted by atomic mass is 16.5. The normalized spacial score (nSPS) is 13.7. The minimum Gasteiger partial charge on any atom is -0.497 e. The number of carboxylic acid groups (broad SMARTS) is 2. The minimum atomic E-state index is -1.26. The summed E-state index contributed by atoms with van der Waals surface area (Å²) in [7, 11) is 1.62. The quantitative estimate of drug-likeness (QED) is 0.333. The number of aliphatic carboxylic acids is 2. The molecule has 0 saturated carbocycles. The molecule has 206 valence electrons. The first kappa shape index (κ1) is 29.1. The Kier molecular flexibility index (Phi) is 9.99. The van der Waals surface area contributed by atoms with Crippen LogP contribution in [0, 0.1) is 6.92 Å². The number of benzene rings is 2. The van der Waals surface area contributed by atoms with Crippen LogP contribution in [0.2, 0.25) is 0 Å². The van der Waals surface area contributed by atoms with Crippen LogP contribution in [0.5, 0.6) is 5.75 Å². The van der Waals surface area contributed by atoms with E-state index in [9.17, 15) is 19.2 Å². The molecule has 0 unspecified atom stereocenters. The molecule has 2 aromatic carbocycles. The number of hydrogen-bond acceptors (Lipinski definition) is 6. The van der Waals surface area contributed by atoms with E-state index in [4.69, 9.17) is 14.9 Å². The molecular weight excluding hydrogens is 502 g/mol. The Hall–Kier alpha value is -4.44. The Bertz CT molecular complexity index is 1350. The van der Waals surface area contributed by atoms with Gasteiger partial charge >= 0.3 is 11.9 Å². The lowest BCUT2D eigenvalue weighted by Gasteiger charge is -2.34. The van der Waals surface area contributed by atoms with Gasteiger partial charge in [0, 0.05) is 80.5 Å². The number of carbonyl (C=O) groups is 4. The van der Waals surface area contributed by atoms with Crippen molar-refractivity contribution in [2.75, 3.05) is 39.8 Å². The second kappa shape index (κ2) is 13.4. The fourth-order valence-electron chi connectivity index (χ4n) is 4.56. The van der Waals surface area contributed by atoms with E-state index in [0.29, 0.717) is 17.7 Å². The molecule has 0 atom stereocenters. The molecule has 10 nitrogen and oxygen atoms in total. The Morgan fingerprint density at radius 1 is 0.872 bits per heavy atom. The molecule has 39 heavy (non-hydrogen) atoms. The number of fused-ring (bicyclic) bond motifs is 1. The average Bonchev–Trinajstić information content (AvgIpc) is 3.21. The van der Waals surface area contributed by atoms with Crippen LogP contribution in [-0.2, 0) is 20.9 Å². The molecule has 2 heterocycles. The van der Waals surface area contributed by atoms with Gasteiger partial charge in [0.25, 0.3) is 0 Å². The van der Waals surface area contributed by atoms with Crippen molar-refractivity contribution in [1.82, 2.24) is 14.4 Å². The second-order valence-corrected chi connectivity index (χ2v) is 9.04. The smallest absolute Gasteiger partial charge is 0.328 e. The van der Waals surface area contributed by atoms with Gasteiger partial charge in [-0.15, -0.1) is 0 Å². The van der Waals surface area contributed by atoms with Crippen LogP contribution in [0.4, 0.5) is 0 Å². The van der Waals surface area contributed by atoms with Gasteiger partial charge in [-0.25, -0.2) is 9.59 Å². The molecule has 0 bridgehead atoms. The Balaban J connectivity index is 0.000000459. The van der Waals surface area contributed by atoms with Gasteiger partial charge in [0.1, 0.15) is 5.75 Å². The lowest BCUT2D eigenvalue weighted by molar-refractivity contribution is -0.134. The van der Waals surface area contributed by atoms with E-state index in [-0.39, 0.29) is 11.7 Å². The summed E-state index contributed by atoms with van der Waals surface area (Å²) >= 11 is 0. The largest absolute Gasteiger partial charge is 0.497 e. The monoisotopic (exact) mass is 535 g/mol. The van der Waals surface area contributed by atoms with Crippen molar-refractivity contribution in [2.45, 2.75) is 20.4 Å². The summed E-state index contributed by atoms with van der Waals surface area (Å²) in [5.41, 5.74) is 3.50. The summed E-state index contributed by atoms with van der Waals surface area (Å²) < 4.78 is 7.47. The van der Waals surface area contributed by atoms with Crippen LogP contribution in [0.3, 0.4) is 0 Å². The molecule has 1 aliphatic rings. The highest BCUT2D eigenvalue weighted by Crippen LogP contribution is 2.28. The van der Waals surface area contributed by atoms with Crippen molar-refractivity contribution in [1.29, 1.82) is 0 Å². The van der Waals surface area contributed by atoms with Crippen molar-refractivity contribution < 1.29 is 34.1 Å². The third-order valence-corrected chi connectivity index (χ3v) is 6.64. The van der Waals surface area contributed by atoms with Crippen LogP contribution >= 0.6 is 0 Å². The molecule has 1 aliphatic heterocycles. The summed E-state index contributed by atoms with van der Waals surface area (Å²) in [6.07, 6.45) is 1.12. The Labute approximate surface area is 226 Å². The van der Waals surface area contributed by atoms with Crippen molar-refractivity contribution in [2.24, 2.45) is 0 Å². The number of methoxy groups -OCH3 is 1. The third-order valence-electron chi connectivity index (χ3n) is 6.64. The molecule has 10 heteroatoms. The number of ketones is 1.